The summed E-state index contributed by atoms with van der Waals surface area (Å²) in [6.45, 7) is 1.59. The van der Waals surface area contributed by atoms with Gasteiger partial charge in [-0.05, 0) is 37.8 Å². The molecule has 1 saturated carbocycles. The zero-order valence-corrected chi connectivity index (χ0v) is 14.8. The van der Waals surface area contributed by atoms with Crippen molar-refractivity contribution in [3.05, 3.63) is 17.0 Å². The van der Waals surface area contributed by atoms with Gasteiger partial charge in [0.05, 0.1) is 5.60 Å². The molecule has 1 atom stereocenters. The minimum Gasteiger partial charge on any atom is -0.375 e. The van der Waals surface area contributed by atoms with Crippen molar-refractivity contribution in [3.8, 4) is 0 Å². The normalized spacial score (nSPS) is 25.4. The van der Waals surface area contributed by atoms with E-state index in [-0.39, 0.29) is 5.60 Å². The highest BCUT2D eigenvalue weighted by molar-refractivity contribution is 7.92. The Bertz CT molecular complexity index is 597. The molecule has 1 saturated heterocycles. The molecule has 0 amide bonds. The molecule has 1 aliphatic carbocycles. The molecule has 124 valence electrons. The Morgan fingerprint density at radius 1 is 1.32 bits per heavy atom. The number of ether oxygens (including phenoxy) is 1. The lowest BCUT2D eigenvalue weighted by molar-refractivity contribution is -0.109. The van der Waals surface area contributed by atoms with E-state index in [1.807, 2.05) is 6.07 Å². The molecule has 1 aromatic rings. The van der Waals surface area contributed by atoms with E-state index >= 15 is 0 Å². The second-order valence-electron chi connectivity index (χ2n) is 6.66. The molecule has 0 bridgehead atoms. The SMILES string of the molecule is CS(=O)(=O)c1ccc(CNC2CCOC3(CCCCC3)C2)s1. The minimum absolute atomic E-state index is 0.113. The van der Waals surface area contributed by atoms with Crippen LogP contribution in [0.1, 0.15) is 49.8 Å². The van der Waals surface area contributed by atoms with Crippen molar-refractivity contribution in [1.82, 2.24) is 5.32 Å². The first kappa shape index (κ1) is 16.4. The Kier molecular flexibility index (Phi) is 4.92. The fourth-order valence-electron chi connectivity index (χ4n) is 3.64. The Labute approximate surface area is 137 Å². The van der Waals surface area contributed by atoms with Gasteiger partial charge in [-0.25, -0.2) is 8.42 Å². The highest BCUT2D eigenvalue weighted by atomic mass is 32.2. The second kappa shape index (κ2) is 6.59. The standard InChI is InChI=1S/C16H25NO3S2/c1-22(18,19)15-6-5-14(21-15)12-17-13-7-10-20-16(11-13)8-3-2-4-9-16/h5-6,13,17H,2-4,7-12H2,1H3. The molecule has 2 heterocycles. The first-order chi connectivity index (χ1) is 10.5. The van der Waals surface area contributed by atoms with Crippen LogP contribution in [0.2, 0.25) is 0 Å². The van der Waals surface area contributed by atoms with Gasteiger partial charge in [-0.15, -0.1) is 11.3 Å². The molecule has 0 radical (unpaired) electrons. The summed E-state index contributed by atoms with van der Waals surface area (Å²) in [5, 5.41) is 3.61. The Morgan fingerprint density at radius 3 is 2.77 bits per heavy atom. The van der Waals surface area contributed by atoms with Gasteiger partial charge in [-0.2, -0.15) is 0 Å². The number of nitrogens with one attached hydrogen (secondary N) is 1. The Balaban J connectivity index is 1.56. The number of thiophene rings is 1. The van der Waals surface area contributed by atoms with E-state index in [0.29, 0.717) is 10.3 Å². The molecule has 1 spiro atoms. The van der Waals surface area contributed by atoms with Crippen LogP contribution in [0.25, 0.3) is 0 Å². The molecule has 1 aliphatic heterocycles. The summed E-state index contributed by atoms with van der Waals surface area (Å²) in [5.41, 5.74) is 0.113. The summed E-state index contributed by atoms with van der Waals surface area (Å²) in [4.78, 5) is 1.09. The second-order valence-corrected chi connectivity index (χ2v) is 10.1. The molecule has 1 aromatic heterocycles. The van der Waals surface area contributed by atoms with Gasteiger partial charge in [-0.1, -0.05) is 19.3 Å². The average Bonchev–Trinajstić information content (AvgIpc) is 2.95. The van der Waals surface area contributed by atoms with Crippen molar-refractivity contribution < 1.29 is 13.2 Å². The van der Waals surface area contributed by atoms with Crippen LogP contribution in [0.3, 0.4) is 0 Å². The molecule has 6 heteroatoms. The molecule has 4 nitrogen and oxygen atoms in total. The number of sulfone groups is 1. The van der Waals surface area contributed by atoms with E-state index in [2.05, 4.69) is 5.32 Å². The van der Waals surface area contributed by atoms with E-state index < -0.39 is 9.84 Å². The summed E-state index contributed by atoms with van der Waals surface area (Å²) < 4.78 is 29.6. The van der Waals surface area contributed by atoms with Crippen LogP contribution in [0, 0.1) is 0 Å². The van der Waals surface area contributed by atoms with E-state index in [1.54, 1.807) is 6.07 Å². The monoisotopic (exact) mass is 343 g/mol. The summed E-state index contributed by atoms with van der Waals surface area (Å²) in [6.07, 6.45) is 9.72. The maximum atomic E-state index is 11.5. The molecule has 1 N–H and O–H groups in total. The predicted octanol–water partition coefficient (Wildman–Crippen LogP) is 3.12. The van der Waals surface area contributed by atoms with Crippen molar-refractivity contribution in [2.45, 2.75) is 67.3 Å². The first-order valence-electron chi connectivity index (χ1n) is 8.13. The maximum Gasteiger partial charge on any atom is 0.184 e. The highest BCUT2D eigenvalue weighted by Gasteiger charge is 2.38. The largest absolute Gasteiger partial charge is 0.375 e. The fourth-order valence-corrected chi connectivity index (χ4v) is 5.57. The molecule has 2 aliphatic rings. The lowest BCUT2D eigenvalue weighted by Gasteiger charge is -2.43. The molecular weight excluding hydrogens is 318 g/mol. The summed E-state index contributed by atoms with van der Waals surface area (Å²) in [6, 6.07) is 4.11. The van der Waals surface area contributed by atoms with Gasteiger partial charge in [0.1, 0.15) is 4.21 Å². The van der Waals surface area contributed by atoms with Crippen LogP contribution < -0.4 is 5.32 Å². The van der Waals surface area contributed by atoms with Crippen LogP contribution >= 0.6 is 11.3 Å². The molecule has 1 unspecified atom stereocenters. The quantitative estimate of drug-likeness (QED) is 0.912. The molecule has 22 heavy (non-hydrogen) atoms. The van der Waals surface area contributed by atoms with Gasteiger partial charge in [0.15, 0.2) is 9.84 Å². The summed E-state index contributed by atoms with van der Waals surface area (Å²) >= 11 is 1.37. The Hall–Kier alpha value is -0.430. The minimum atomic E-state index is -3.08. The lowest BCUT2D eigenvalue weighted by Crippen LogP contribution is -2.47. The third-order valence-electron chi connectivity index (χ3n) is 4.83. The lowest BCUT2D eigenvalue weighted by atomic mass is 9.78. The highest BCUT2D eigenvalue weighted by Crippen LogP contribution is 2.38. The van der Waals surface area contributed by atoms with Crippen LogP contribution in [0.15, 0.2) is 16.3 Å². The number of hydrogen-bond acceptors (Lipinski definition) is 5. The number of rotatable bonds is 4. The van der Waals surface area contributed by atoms with E-state index in [0.717, 1.165) is 30.9 Å². The van der Waals surface area contributed by atoms with Gasteiger partial charge in [-0.3, -0.25) is 0 Å². The van der Waals surface area contributed by atoms with Crippen molar-refractivity contribution in [3.63, 3.8) is 0 Å². The zero-order chi connectivity index (χ0) is 15.6. The average molecular weight is 344 g/mol. The topological polar surface area (TPSA) is 55.4 Å². The van der Waals surface area contributed by atoms with Gasteiger partial charge in [0.25, 0.3) is 0 Å². The van der Waals surface area contributed by atoms with Gasteiger partial charge >= 0.3 is 0 Å². The van der Waals surface area contributed by atoms with E-state index in [4.69, 9.17) is 4.74 Å². The van der Waals surface area contributed by atoms with Crippen molar-refractivity contribution >= 4 is 21.2 Å². The zero-order valence-electron chi connectivity index (χ0n) is 13.1. The van der Waals surface area contributed by atoms with Crippen LogP contribution in [-0.2, 0) is 21.1 Å². The van der Waals surface area contributed by atoms with Gasteiger partial charge in [0.2, 0.25) is 0 Å². The summed E-state index contributed by atoms with van der Waals surface area (Å²) in [5.74, 6) is 0. The van der Waals surface area contributed by atoms with Crippen LogP contribution in [0.4, 0.5) is 0 Å². The maximum absolute atomic E-state index is 11.5. The summed E-state index contributed by atoms with van der Waals surface area (Å²) in [7, 11) is -3.08. The van der Waals surface area contributed by atoms with Crippen LogP contribution in [-0.4, -0.2) is 32.9 Å². The van der Waals surface area contributed by atoms with Crippen molar-refractivity contribution in [2.24, 2.45) is 0 Å². The van der Waals surface area contributed by atoms with Crippen molar-refractivity contribution in [2.75, 3.05) is 12.9 Å². The van der Waals surface area contributed by atoms with Crippen molar-refractivity contribution in [1.29, 1.82) is 0 Å². The van der Waals surface area contributed by atoms with E-state index in [1.165, 1.54) is 49.7 Å². The smallest absolute Gasteiger partial charge is 0.184 e. The molecule has 2 fully saturated rings. The fraction of sp³-hybridized carbons (Fsp3) is 0.750. The first-order valence-corrected chi connectivity index (χ1v) is 10.8. The molecule has 3 rings (SSSR count). The van der Waals surface area contributed by atoms with E-state index in [9.17, 15) is 8.42 Å². The Morgan fingerprint density at radius 2 is 2.09 bits per heavy atom. The number of hydrogen-bond donors (Lipinski definition) is 1. The third-order valence-corrected chi connectivity index (χ3v) is 7.73. The predicted molar refractivity (Wildman–Crippen MR) is 89.1 cm³/mol. The van der Waals surface area contributed by atoms with Gasteiger partial charge < -0.3 is 10.1 Å². The molecule has 0 aromatic carbocycles. The third kappa shape index (κ3) is 3.91. The van der Waals surface area contributed by atoms with Crippen LogP contribution in [0.5, 0.6) is 0 Å². The molecular formula is C16H25NO3S2. The van der Waals surface area contributed by atoms with Gasteiger partial charge in [0, 0.05) is 30.3 Å².